The van der Waals surface area contributed by atoms with Gasteiger partial charge in [-0.05, 0) is 71.6 Å². The van der Waals surface area contributed by atoms with Gasteiger partial charge in [0, 0.05) is 26.1 Å². The number of likely N-dealkylation sites (tertiary alicyclic amines) is 1. The second-order valence-electron chi connectivity index (χ2n) is 11.8. The first-order valence-electron chi connectivity index (χ1n) is 15.0. The molecular weight excluding hydrogens is 454 g/mol. The number of unbranched alkanes of at least 4 members (excludes halogenated alkanes) is 11. The molecule has 0 aromatic carbocycles. The van der Waals surface area contributed by atoms with E-state index in [9.17, 15) is 9.59 Å². The van der Waals surface area contributed by atoms with E-state index in [1.807, 2.05) is 20.8 Å². The first kappa shape index (κ1) is 32.7. The maximum atomic E-state index is 12.8. The molecular formula is C30H57NO5. The zero-order chi connectivity index (χ0) is 26.7. The van der Waals surface area contributed by atoms with Crippen LogP contribution in [-0.4, -0.2) is 53.5 Å². The number of rotatable bonds is 19. The minimum absolute atomic E-state index is 0.0347. The zero-order valence-electron chi connectivity index (χ0n) is 24.0. The Morgan fingerprint density at radius 1 is 0.833 bits per heavy atom. The lowest BCUT2D eigenvalue weighted by Gasteiger charge is -2.33. The highest BCUT2D eigenvalue weighted by molar-refractivity contribution is 5.70. The molecule has 1 aliphatic rings. The van der Waals surface area contributed by atoms with E-state index in [1.165, 1.54) is 57.8 Å². The maximum Gasteiger partial charge on any atom is 0.410 e. The van der Waals surface area contributed by atoms with Gasteiger partial charge < -0.3 is 19.5 Å². The van der Waals surface area contributed by atoms with Crippen LogP contribution in [0.2, 0.25) is 0 Å². The average molecular weight is 512 g/mol. The third-order valence-corrected chi connectivity index (χ3v) is 7.08. The van der Waals surface area contributed by atoms with Crippen molar-refractivity contribution in [3.8, 4) is 0 Å². The van der Waals surface area contributed by atoms with Gasteiger partial charge in [0.05, 0.1) is 0 Å². The van der Waals surface area contributed by atoms with Crippen molar-refractivity contribution in [1.29, 1.82) is 0 Å². The maximum absolute atomic E-state index is 12.8. The molecule has 0 aliphatic carbocycles. The van der Waals surface area contributed by atoms with Crippen molar-refractivity contribution in [2.75, 3.05) is 19.7 Å². The van der Waals surface area contributed by atoms with E-state index < -0.39 is 5.60 Å². The van der Waals surface area contributed by atoms with Crippen LogP contribution in [0.3, 0.4) is 0 Å². The number of ether oxygens (including phenoxy) is 2. The van der Waals surface area contributed by atoms with Crippen LogP contribution in [0.4, 0.5) is 4.79 Å². The number of carbonyl (C=O) groups excluding carboxylic acids is 2. The van der Waals surface area contributed by atoms with Gasteiger partial charge in [0.25, 0.3) is 0 Å². The average Bonchev–Trinajstić information content (AvgIpc) is 2.82. The summed E-state index contributed by atoms with van der Waals surface area (Å²) in [5, 5.41) is 8.91. The fourth-order valence-corrected chi connectivity index (χ4v) is 4.90. The number of carbonyl (C=O) groups is 2. The van der Waals surface area contributed by atoms with Crippen molar-refractivity contribution in [2.45, 2.75) is 155 Å². The van der Waals surface area contributed by atoms with Gasteiger partial charge in [0.1, 0.15) is 11.7 Å². The Bertz CT molecular complexity index is 548. The first-order chi connectivity index (χ1) is 17.2. The number of aliphatic hydroxyl groups excluding tert-OH is 1. The number of esters is 1. The van der Waals surface area contributed by atoms with Gasteiger partial charge in [-0.25, -0.2) is 4.79 Å². The van der Waals surface area contributed by atoms with Crippen molar-refractivity contribution in [1.82, 2.24) is 4.90 Å². The molecule has 0 aromatic heterocycles. The van der Waals surface area contributed by atoms with Gasteiger partial charge in [-0.15, -0.1) is 0 Å². The van der Waals surface area contributed by atoms with Crippen molar-refractivity contribution in [3.05, 3.63) is 0 Å². The quantitative estimate of drug-likeness (QED) is 0.141. The Labute approximate surface area is 221 Å². The van der Waals surface area contributed by atoms with Crippen LogP contribution in [0, 0.1) is 5.92 Å². The number of hydrogen-bond acceptors (Lipinski definition) is 5. The van der Waals surface area contributed by atoms with E-state index in [-0.39, 0.29) is 30.7 Å². The molecule has 0 radical (unpaired) electrons. The molecule has 1 N–H and O–H groups in total. The Hall–Kier alpha value is -1.30. The lowest BCUT2D eigenvalue weighted by Crippen LogP contribution is -2.42. The third kappa shape index (κ3) is 17.2. The Kier molecular flexibility index (Phi) is 18.0. The topological polar surface area (TPSA) is 76.1 Å². The minimum Gasteiger partial charge on any atom is -0.462 e. The number of amides is 1. The summed E-state index contributed by atoms with van der Waals surface area (Å²) in [4.78, 5) is 26.8. The lowest BCUT2D eigenvalue weighted by molar-refractivity contribution is -0.151. The summed E-state index contributed by atoms with van der Waals surface area (Å²) in [5.74, 6) is 0.212. The molecule has 1 aliphatic heterocycles. The van der Waals surface area contributed by atoms with Gasteiger partial charge in [0.15, 0.2) is 0 Å². The third-order valence-electron chi connectivity index (χ3n) is 7.08. The van der Waals surface area contributed by atoms with E-state index in [1.54, 1.807) is 4.90 Å². The number of nitrogens with zero attached hydrogens (tertiary/aromatic N) is 1. The summed E-state index contributed by atoms with van der Waals surface area (Å²) in [5.41, 5.74) is -0.484. The number of aliphatic hydroxyl groups is 1. The normalized spacial score (nSPS) is 15.6. The van der Waals surface area contributed by atoms with E-state index >= 15 is 0 Å². The predicted octanol–water partition coefficient (Wildman–Crippen LogP) is 7.80. The summed E-state index contributed by atoms with van der Waals surface area (Å²) < 4.78 is 11.5. The van der Waals surface area contributed by atoms with Gasteiger partial charge in [0.2, 0.25) is 0 Å². The lowest BCUT2D eigenvalue weighted by atomic mass is 9.93. The molecule has 6 nitrogen and oxygen atoms in total. The Morgan fingerprint density at radius 2 is 1.33 bits per heavy atom. The molecule has 6 heteroatoms. The standard InChI is InChI=1S/C30H57NO5/c1-5-6-7-8-9-12-15-18-27(19-16-13-10-11-14-17-24-32)35-28(33)25-26-20-22-31(23-21-26)29(34)36-30(2,3)4/h26-27,32H,5-25H2,1-4H3. The Morgan fingerprint density at radius 3 is 1.83 bits per heavy atom. The molecule has 1 heterocycles. The highest BCUT2D eigenvalue weighted by Crippen LogP contribution is 2.24. The summed E-state index contributed by atoms with van der Waals surface area (Å²) in [6.07, 6.45) is 19.3. The highest BCUT2D eigenvalue weighted by Gasteiger charge is 2.28. The smallest absolute Gasteiger partial charge is 0.410 e. The molecule has 1 atom stereocenters. The van der Waals surface area contributed by atoms with Crippen molar-refractivity contribution >= 4 is 12.1 Å². The monoisotopic (exact) mass is 511 g/mol. The number of hydrogen-bond donors (Lipinski definition) is 1. The molecule has 1 unspecified atom stereocenters. The summed E-state index contributed by atoms with van der Waals surface area (Å²) in [6.45, 7) is 9.47. The van der Waals surface area contributed by atoms with Crippen LogP contribution in [-0.2, 0) is 14.3 Å². The number of piperidine rings is 1. The summed E-state index contributed by atoms with van der Waals surface area (Å²) in [6, 6.07) is 0. The van der Waals surface area contributed by atoms with Crippen molar-refractivity contribution < 1.29 is 24.2 Å². The van der Waals surface area contributed by atoms with Gasteiger partial charge in [-0.3, -0.25) is 4.79 Å². The molecule has 0 spiro atoms. The second kappa shape index (κ2) is 19.8. The van der Waals surface area contributed by atoms with Crippen LogP contribution < -0.4 is 0 Å². The molecule has 1 saturated heterocycles. The molecule has 36 heavy (non-hydrogen) atoms. The fourth-order valence-electron chi connectivity index (χ4n) is 4.90. The molecule has 212 valence electrons. The molecule has 1 amide bonds. The van der Waals surface area contributed by atoms with Crippen LogP contribution in [0.5, 0.6) is 0 Å². The SMILES string of the molecule is CCCCCCCCCC(CCCCCCCCO)OC(=O)CC1CCN(C(=O)OC(C)(C)C)CC1. The summed E-state index contributed by atoms with van der Waals surface area (Å²) in [7, 11) is 0. The first-order valence-corrected chi connectivity index (χ1v) is 15.0. The molecule has 1 fully saturated rings. The van der Waals surface area contributed by atoms with Crippen molar-refractivity contribution in [3.63, 3.8) is 0 Å². The Balaban J connectivity index is 2.37. The molecule has 0 aromatic rings. The van der Waals surface area contributed by atoms with Crippen LogP contribution >= 0.6 is 0 Å². The van der Waals surface area contributed by atoms with Gasteiger partial charge >= 0.3 is 12.1 Å². The van der Waals surface area contributed by atoms with Gasteiger partial charge in [-0.2, -0.15) is 0 Å². The molecule has 0 bridgehead atoms. The highest BCUT2D eigenvalue weighted by atomic mass is 16.6. The van der Waals surface area contributed by atoms with Gasteiger partial charge in [-0.1, -0.05) is 71.1 Å². The minimum atomic E-state index is -0.484. The van der Waals surface area contributed by atoms with E-state index in [0.717, 1.165) is 51.4 Å². The molecule has 1 rings (SSSR count). The zero-order valence-corrected chi connectivity index (χ0v) is 24.0. The summed E-state index contributed by atoms with van der Waals surface area (Å²) >= 11 is 0. The predicted molar refractivity (Wildman–Crippen MR) is 147 cm³/mol. The largest absolute Gasteiger partial charge is 0.462 e. The van der Waals surface area contributed by atoms with E-state index in [2.05, 4.69) is 6.92 Å². The van der Waals surface area contributed by atoms with E-state index in [4.69, 9.17) is 14.6 Å². The van der Waals surface area contributed by atoms with E-state index in [0.29, 0.717) is 19.5 Å². The second-order valence-corrected chi connectivity index (χ2v) is 11.8. The van der Waals surface area contributed by atoms with Crippen LogP contribution in [0.25, 0.3) is 0 Å². The van der Waals surface area contributed by atoms with Crippen LogP contribution in [0.15, 0.2) is 0 Å². The molecule has 0 saturated carbocycles. The fraction of sp³-hybridized carbons (Fsp3) is 0.933. The van der Waals surface area contributed by atoms with Crippen LogP contribution in [0.1, 0.15) is 143 Å². The van der Waals surface area contributed by atoms with Crippen molar-refractivity contribution in [2.24, 2.45) is 5.92 Å².